The lowest BCUT2D eigenvalue weighted by molar-refractivity contribution is 0.208. The largest absolute Gasteiger partial charge is 0.333 e. The number of nitrogens with one attached hydrogen (secondary N) is 1. The first-order valence-corrected chi connectivity index (χ1v) is 8.07. The van der Waals surface area contributed by atoms with E-state index < -0.39 is 0 Å². The van der Waals surface area contributed by atoms with Crippen LogP contribution in [0.2, 0.25) is 4.34 Å². The zero-order chi connectivity index (χ0) is 14.8. The molecule has 2 amide bonds. The lowest BCUT2D eigenvalue weighted by Gasteiger charge is -2.16. The van der Waals surface area contributed by atoms with Gasteiger partial charge in [-0.2, -0.15) is 5.10 Å². The van der Waals surface area contributed by atoms with E-state index in [1.165, 1.54) is 16.9 Å². The van der Waals surface area contributed by atoms with Crippen LogP contribution < -0.4 is 5.32 Å². The maximum atomic E-state index is 12.2. The summed E-state index contributed by atoms with van der Waals surface area (Å²) in [7, 11) is 1.91. The molecule has 1 aliphatic rings. The van der Waals surface area contributed by atoms with E-state index in [9.17, 15) is 4.79 Å². The molecule has 112 valence electrons. The summed E-state index contributed by atoms with van der Waals surface area (Å²) < 4.78 is 2.55. The van der Waals surface area contributed by atoms with Crippen LogP contribution in [0, 0.1) is 0 Å². The van der Waals surface area contributed by atoms with Crippen LogP contribution in [0.5, 0.6) is 0 Å². The summed E-state index contributed by atoms with van der Waals surface area (Å²) in [5.74, 6) is 0.389. The fourth-order valence-electron chi connectivity index (χ4n) is 2.59. The van der Waals surface area contributed by atoms with Crippen LogP contribution in [-0.2, 0) is 13.6 Å². The molecule has 1 fully saturated rings. The number of aryl methyl sites for hydroxylation is 1. The zero-order valence-corrected chi connectivity index (χ0v) is 13.3. The molecular formula is C14H17ClN4OS. The van der Waals surface area contributed by atoms with Gasteiger partial charge in [0, 0.05) is 37.1 Å². The number of nitrogens with zero attached hydrogens (tertiary/aromatic N) is 3. The van der Waals surface area contributed by atoms with Gasteiger partial charge in [0.05, 0.1) is 17.1 Å². The molecule has 5 nitrogen and oxygen atoms in total. The molecule has 0 aliphatic carbocycles. The molecule has 0 unspecified atom stereocenters. The second-order valence-electron chi connectivity index (χ2n) is 5.24. The maximum absolute atomic E-state index is 12.2. The van der Waals surface area contributed by atoms with Gasteiger partial charge in [0.1, 0.15) is 0 Å². The van der Waals surface area contributed by atoms with Gasteiger partial charge in [0.2, 0.25) is 0 Å². The van der Waals surface area contributed by atoms with Crippen molar-refractivity contribution in [3.63, 3.8) is 0 Å². The van der Waals surface area contributed by atoms with Gasteiger partial charge in [0.15, 0.2) is 0 Å². The number of amides is 2. The molecule has 1 atom stereocenters. The van der Waals surface area contributed by atoms with Crippen molar-refractivity contribution >= 4 is 29.0 Å². The van der Waals surface area contributed by atoms with Crippen LogP contribution in [0.4, 0.5) is 4.79 Å². The third-order valence-corrected chi connectivity index (χ3v) is 4.95. The molecule has 3 heterocycles. The predicted octanol–water partition coefficient (Wildman–Crippen LogP) is 2.83. The molecule has 7 heteroatoms. The van der Waals surface area contributed by atoms with Gasteiger partial charge < -0.3 is 10.2 Å². The predicted molar refractivity (Wildman–Crippen MR) is 83.7 cm³/mol. The summed E-state index contributed by atoms with van der Waals surface area (Å²) in [6.07, 6.45) is 4.91. The van der Waals surface area contributed by atoms with Crippen LogP contribution in [0.3, 0.4) is 0 Å². The van der Waals surface area contributed by atoms with Gasteiger partial charge in [-0.25, -0.2) is 4.79 Å². The van der Waals surface area contributed by atoms with E-state index in [4.69, 9.17) is 11.6 Å². The van der Waals surface area contributed by atoms with E-state index in [1.807, 2.05) is 36.5 Å². The van der Waals surface area contributed by atoms with Gasteiger partial charge in [-0.15, -0.1) is 11.3 Å². The Labute approximate surface area is 132 Å². The first-order valence-electron chi connectivity index (χ1n) is 6.87. The number of likely N-dealkylation sites (tertiary alicyclic amines) is 1. The average molecular weight is 325 g/mol. The second-order valence-corrected chi connectivity index (χ2v) is 7.04. The van der Waals surface area contributed by atoms with Crippen LogP contribution in [-0.4, -0.2) is 33.8 Å². The molecule has 1 aliphatic heterocycles. The Balaban J connectivity index is 1.52. The van der Waals surface area contributed by atoms with Crippen molar-refractivity contribution in [3.8, 4) is 0 Å². The smallest absolute Gasteiger partial charge is 0.317 e. The minimum Gasteiger partial charge on any atom is -0.333 e. The molecule has 2 aromatic rings. The number of carbonyl (C=O) groups excluding carboxylic acids is 1. The van der Waals surface area contributed by atoms with Crippen molar-refractivity contribution in [3.05, 3.63) is 39.3 Å². The van der Waals surface area contributed by atoms with Crippen molar-refractivity contribution in [1.82, 2.24) is 20.0 Å². The van der Waals surface area contributed by atoms with E-state index in [2.05, 4.69) is 10.4 Å². The molecule has 1 saturated heterocycles. The Hall–Kier alpha value is -1.53. The summed E-state index contributed by atoms with van der Waals surface area (Å²) in [6, 6.07) is 3.78. The summed E-state index contributed by atoms with van der Waals surface area (Å²) in [5.41, 5.74) is 1.21. The molecule has 0 radical (unpaired) electrons. The molecule has 3 rings (SSSR count). The Morgan fingerprint density at radius 1 is 1.57 bits per heavy atom. The van der Waals surface area contributed by atoms with Crippen LogP contribution in [0.25, 0.3) is 0 Å². The van der Waals surface area contributed by atoms with Crippen molar-refractivity contribution in [1.29, 1.82) is 0 Å². The fraction of sp³-hybridized carbons (Fsp3) is 0.429. The minimum absolute atomic E-state index is 0.00841. The molecule has 0 saturated carbocycles. The van der Waals surface area contributed by atoms with E-state index in [1.54, 1.807) is 4.68 Å². The summed E-state index contributed by atoms with van der Waals surface area (Å²) in [4.78, 5) is 15.1. The second kappa shape index (κ2) is 6.07. The lowest BCUT2D eigenvalue weighted by Crippen LogP contribution is -2.37. The third kappa shape index (κ3) is 3.39. The van der Waals surface area contributed by atoms with E-state index in [-0.39, 0.29) is 6.03 Å². The Morgan fingerprint density at radius 3 is 3.10 bits per heavy atom. The number of aromatic nitrogens is 2. The summed E-state index contributed by atoms with van der Waals surface area (Å²) in [5, 5.41) is 7.15. The fourth-order valence-corrected chi connectivity index (χ4v) is 3.62. The van der Waals surface area contributed by atoms with Gasteiger partial charge in [-0.3, -0.25) is 4.68 Å². The number of rotatable bonds is 3. The average Bonchev–Trinajstić information content (AvgIpc) is 3.16. The van der Waals surface area contributed by atoms with Gasteiger partial charge in [-0.1, -0.05) is 11.6 Å². The number of halogens is 1. The maximum Gasteiger partial charge on any atom is 0.317 e. The number of hydrogen-bond donors (Lipinski definition) is 1. The molecule has 1 N–H and O–H groups in total. The molecule has 0 aromatic carbocycles. The summed E-state index contributed by atoms with van der Waals surface area (Å²) >= 11 is 7.37. The lowest BCUT2D eigenvalue weighted by atomic mass is 10.0. The highest BCUT2D eigenvalue weighted by atomic mass is 35.5. The minimum atomic E-state index is -0.00841. The van der Waals surface area contributed by atoms with Crippen molar-refractivity contribution in [2.75, 3.05) is 13.1 Å². The quantitative estimate of drug-likeness (QED) is 0.943. The Kier molecular flexibility index (Phi) is 4.17. The van der Waals surface area contributed by atoms with Crippen molar-refractivity contribution < 1.29 is 4.79 Å². The van der Waals surface area contributed by atoms with E-state index in [0.717, 1.165) is 28.7 Å². The Morgan fingerprint density at radius 2 is 2.43 bits per heavy atom. The number of thiophene rings is 1. The molecular weight excluding hydrogens is 308 g/mol. The highest BCUT2D eigenvalue weighted by Crippen LogP contribution is 2.27. The highest BCUT2D eigenvalue weighted by molar-refractivity contribution is 7.16. The van der Waals surface area contributed by atoms with Crippen molar-refractivity contribution in [2.45, 2.75) is 18.9 Å². The topological polar surface area (TPSA) is 50.2 Å². The van der Waals surface area contributed by atoms with Crippen LogP contribution >= 0.6 is 22.9 Å². The standard InChI is InChI=1S/C14H17ClN4OS/c1-18-8-11(6-17-18)10-4-5-19(9-10)14(20)16-7-12-2-3-13(15)21-12/h2-3,6,8,10H,4-5,7,9H2,1H3,(H,16,20)/t10-/m1/s1. The number of hydrogen-bond acceptors (Lipinski definition) is 3. The van der Waals surface area contributed by atoms with Crippen LogP contribution in [0.15, 0.2) is 24.5 Å². The normalized spacial score (nSPS) is 18.2. The first kappa shape index (κ1) is 14.4. The first-order chi connectivity index (χ1) is 10.1. The monoisotopic (exact) mass is 324 g/mol. The van der Waals surface area contributed by atoms with Gasteiger partial charge >= 0.3 is 6.03 Å². The Bertz CT molecular complexity index is 638. The molecule has 0 bridgehead atoms. The number of carbonyl (C=O) groups is 1. The van der Waals surface area contributed by atoms with Gasteiger partial charge in [-0.05, 0) is 24.1 Å². The van der Waals surface area contributed by atoms with Gasteiger partial charge in [0.25, 0.3) is 0 Å². The SMILES string of the molecule is Cn1cc([C@@H]2CCN(C(=O)NCc3ccc(Cl)s3)C2)cn1. The molecule has 21 heavy (non-hydrogen) atoms. The summed E-state index contributed by atoms with van der Waals surface area (Å²) in [6.45, 7) is 2.07. The highest BCUT2D eigenvalue weighted by Gasteiger charge is 2.27. The molecule has 0 spiro atoms. The zero-order valence-electron chi connectivity index (χ0n) is 11.8. The van der Waals surface area contributed by atoms with Crippen molar-refractivity contribution in [2.24, 2.45) is 7.05 Å². The number of urea groups is 1. The van der Waals surface area contributed by atoms with E-state index in [0.29, 0.717) is 12.5 Å². The molecule has 2 aromatic heterocycles. The van der Waals surface area contributed by atoms with Crippen LogP contribution in [0.1, 0.15) is 22.8 Å². The van der Waals surface area contributed by atoms with E-state index >= 15 is 0 Å². The third-order valence-electron chi connectivity index (χ3n) is 3.71.